The lowest BCUT2D eigenvalue weighted by atomic mass is 9.97. The number of rotatable bonds is 9. The van der Waals surface area contributed by atoms with Crippen LogP contribution in [0.15, 0.2) is 30.9 Å². The maximum atomic E-state index is 14.3. The number of carbonyl (C=O) groups excluding carboxylic acids is 1. The summed E-state index contributed by atoms with van der Waals surface area (Å²) in [6.45, 7) is 8.64. The Hall–Kier alpha value is -2.91. The molecule has 0 spiro atoms. The van der Waals surface area contributed by atoms with Gasteiger partial charge in [0.25, 0.3) is 5.92 Å². The predicted octanol–water partition coefficient (Wildman–Crippen LogP) is 4.28. The molecular weight excluding hydrogens is 442 g/mol. The minimum absolute atomic E-state index is 0.0368. The van der Waals surface area contributed by atoms with Crippen LogP contribution in [0.2, 0.25) is 0 Å². The molecule has 1 aromatic heterocycles. The zero-order chi connectivity index (χ0) is 24.3. The van der Waals surface area contributed by atoms with Gasteiger partial charge >= 0.3 is 0 Å². The summed E-state index contributed by atoms with van der Waals surface area (Å²) in [5, 5.41) is 6.21. The molecule has 4 rings (SSSR count). The van der Waals surface area contributed by atoms with E-state index in [0.29, 0.717) is 61.1 Å². The second kappa shape index (κ2) is 10.1. The third-order valence-electron chi connectivity index (χ3n) is 6.11. The lowest BCUT2D eigenvalue weighted by molar-refractivity contribution is -0.120. The van der Waals surface area contributed by atoms with Crippen LogP contribution in [0.1, 0.15) is 65.9 Å². The van der Waals surface area contributed by atoms with Crippen LogP contribution in [0.4, 0.5) is 14.6 Å². The number of benzene rings is 1. The number of hydrogen-bond acceptors (Lipinski definition) is 6. The first-order valence-corrected chi connectivity index (χ1v) is 11.5. The molecule has 2 aliphatic rings. The van der Waals surface area contributed by atoms with Gasteiger partial charge in [-0.1, -0.05) is 24.3 Å². The average molecular weight is 473 g/mol. The van der Waals surface area contributed by atoms with Crippen molar-refractivity contribution in [2.24, 2.45) is 0 Å². The van der Waals surface area contributed by atoms with Crippen LogP contribution in [0.5, 0.6) is 0 Å². The number of carbonyl (C=O) groups is 1. The standard InChI is InChI=1S/C25H30F2N4O3/c1-4-5-11-28-21(32)14-20-22(24-33-12-13-34-24)23(31-16(3)30-20)29-15(2)17-7-6-8-19-18(17)9-10-25(19,26)27/h4,6-8,15,24H,1,5,9-14H2,2-3H3,(H,28,32)(H,29,30,31)/t15-/m1/s1. The monoisotopic (exact) mass is 472 g/mol. The van der Waals surface area contributed by atoms with Crippen molar-refractivity contribution < 1.29 is 23.0 Å². The van der Waals surface area contributed by atoms with Gasteiger partial charge in [0, 0.05) is 18.5 Å². The summed E-state index contributed by atoms with van der Waals surface area (Å²) in [4.78, 5) is 21.6. The van der Waals surface area contributed by atoms with Gasteiger partial charge in [0.05, 0.1) is 36.9 Å². The Morgan fingerprint density at radius 1 is 1.32 bits per heavy atom. The van der Waals surface area contributed by atoms with Crippen LogP contribution < -0.4 is 10.6 Å². The van der Waals surface area contributed by atoms with Crippen LogP contribution in [0.3, 0.4) is 0 Å². The maximum absolute atomic E-state index is 14.3. The molecule has 1 aromatic carbocycles. The summed E-state index contributed by atoms with van der Waals surface area (Å²) < 4.78 is 40.1. The summed E-state index contributed by atoms with van der Waals surface area (Å²) in [7, 11) is 0. The largest absolute Gasteiger partial charge is 0.363 e. The molecule has 1 aliphatic carbocycles. The highest BCUT2D eigenvalue weighted by Crippen LogP contribution is 2.44. The first-order chi connectivity index (χ1) is 16.3. The number of amides is 1. The van der Waals surface area contributed by atoms with Gasteiger partial charge in [-0.25, -0.2) is 18.7 Å². The molecule has 0 radical (unpaired) electrons. The molecule has 2 heterocycles. The second-order valence-corrected chi connectivity index (χ2v) is 8.60. The van der Waals surface area contributed by atoms with E-state index in [2.05, 4.69) is 27.2 Å². The molecular formula is C25H30F2N4O3. The molecule has 2 aromatic rings. The van der Waals surface area contributed by atoms with E-state index in [1.165, 1.54) is 6.07 Å². The topological polar surface area (TPSA) is 85.4 Å². The average Bonchev–Trinajstić information content (AvgIpc) is 3.42. The number of aromatic nitrogens is 2. The van der Waals surface area contributed by atoms with Crippen molar-refractivity contribution in [3.05, 3.63) is 64.6 Å². The van der Waals surface area contributed by atoms with Gasteiger partial charge < -0.3 is 20.1 Å². The highest BCUT2D eigenvalue weighted by Gasteiger charge is 2.40. The number of halogens is 2. The second-order valence-electron chi connectivity index (χ2n) is 8.60. The fraction of sp³-hybridized carbons (Fsp3) is 0.480. The molecule has 34 heavy (non-hydrogen) atoms. The molecule has 9 heteroatoms. The molecule has 0 saturated carbocycles. The molecule has 1 amide bonds. The Morgan fingerprint density at radius 2 is 2.09 bits per heavy atom. The van der Waals surface area contributed by atoms with Crippen LogP contribution in [-0.2, 0) is 33.0 Å². The number of alkyl halides is 2. The minimum Gasteiger partial charge on any atom is -0.363 e. The van der Waals surface area contributed by atoms with Gasteiger partial charge in [-0.05, 0) is 37.8 Å². The summed E-state index contributed by atoms with van der Waals surface area (Å²) in [6.07, 6.45) is 1.87. The molecule has 1 fully saturated rings. The third-order valence-corrected chi connectivity index (χ3v) is 6.11. The van der Waals surface area contributed by atoms with Gasteiger partial charge in [0.15, 0.2) is 6.29 Å². The Kier molecular flexibility index (Phi) is 7.23. The van der Waals surface area contributed by atoms with Gasteiger partial charge in [-0.15, -0.1) is 6.58 Å². The summed E-state index contributed by atoms with van der Waals surface area (Å²) in [5.74, 6) is -2.03. The summed E-state index contributed by atoms with van der Waals surface area (Å²) in [6, 6.07) is 4.72. The zero-order valence-electron chi connectivity index (χ0n) is 19.5. The van der Waals surface area contributed by atoms with E-state index in [0.717, 1.165) is 5.56 Å². The highest BCUT2D eigenvalue weighted by atomic mass is 19.3. The van der Waals surface area contributed by atoms with Crippen LogP contribution in [0.25, 0.3) is 0 Å². The van der Waals surface area contributed by atoms with Gasteiger partial charge in [0.2, 0.25) is 5.91 Å². The summed E-state index contributed by atoms with van der Waals surface area (Å²) in [5.41, 5.74) is 2.64. The van der Waals surface area contributed by atoms with Crippen LogP contribution in [-0.4, -0.2) is 35.6 Å². The lowest BCUT2D eigenvalue weighted by Crippen LogP contribution is -2.27. The predicted molar refractivity (Wildman–Crippen MR) is 124 cm³/mol. The SMILES string of the molecule is C=CCCNC(=O)Cc1nc(C)nc(N[C@H](C)c2cccc3c2CCC3(F)F)c1C1OCCO1. The molecule has 7 nitrogen and oxygen atoms in total. The zero-order valence-corrected chi connectivity index (χ0v) is 19.5. The van der Waals surface area contributed by atoms with E-state index in [-0.39, 0.29) is 30.4 Å². The Balaban J connectivity index is 1.65. The van der Waals surface area contributed by atoms with E-state index in [1.807, 2.05) is 13.0 Å². The summed E-state index contributed by atoms with van der Waals surface area (Å²) >= 11 is 0. The molecule has 182 valence electrons. The Morgan fingerprint density at radius 3 is 2.82 bits per heavy atom. The smallest absolute Gasteiger partial charge is 0.273 e. The third kappa shape index (κ3) is 5.10. The highest BCUT2D eigenvalue weighted by molar-refractivity contribution is 5.79. The number of nitrogens with one attached hydrogen (secondary N) is 2. The van der Waals surface area contributed by atoms with Gasteiger partial charge in [0.1, 0.15) is 11.6 Å². The Bertz CT molecular complexity index is 1070. The van der Waals surface area contributed by atoms with E-state index in [1.54, 1.807) is 19.1 Å². The Labute approximate surface area is 198 Å². The fourth-order valence-electron chi connectivity index (χ4n) is 4.52. The first kappa shape index (κ1) is 24.2. The minimum atomic E-state index is -2.81. The number of nitrogens with zero attached hydrogens (tertiary/aromatic N) is 2. The first-order valence-electron chi connectivity index (χ1n) is 11.5. The van der Waals surface area contributed by atoms with Gasteiger partial charge in [-0.3, -0.25) is 4.79 Å². The number of ether oxygens (including phenoxy) is 2. The number of hydrogen-bond donors (Lipinski definition) is 2. The van der Waals surface area contributed by atoms with Crippen molar-refractivity contribution in [2.75, 3.05) is 25.1 Å². The van der Waals surface area contributed by atoms with Crippen molar-refractivity contribution in [3.63, 3.8) is 0 Å². The maximum Gasteiger partial charge on any atom is 0.273 e. The normalized spacial score (nSPS) is 17.9. The van der Waals surface area contributed by atoms with E-state index in [9.17, 15) is 13.6 Å². The molecule has 1 aliphatic heterocycles. The quantitative estimate of drug-likeness (QED) is 0.419. The van der Waals surface area contributed by atoms with Crippen molar-refractivity contribution >= 4 is 11.7 Å². The number of anilines is 1. The van der Waals surface area contributed by atoms with E-state index in [4.69, 9.17) is 9.47 Å². The lowest BCUT2D eigenvalue weighted by Gasteiger charge is -2.23. The molecule has 0 bridgehead atoms. The van der Waals surface area contributed by atoms with Crippen molar-refractivity contribution in [2.45, 2.75) is 57.8 Å². The van der Waals surface area contributed by atoms with E-state index < -0.39 is 12.2 Å². The molecule has 0 unspecified atom stereocenters. The number of aryl methyl sites for hydroxylation is 1. The van der Waals surface area contributed by atoms with Crippen molar-refractivity contribution in [1.82, 2.24) is 15.3 Å². The fourth-order valence-corrected chi connectivity index (χ4v) is 4.52. The van der Waals surface area contributed by atoms with Crippen LogP contribution in [0, 0.1) is 6.92 Å². The number of fused-ring (bicyclic) bond motifs is 1. The molecule has 2 N–H and O–H groups in total. The van der Waals surface area contributed by atoms with Gasteiger partial charge in [-0.2, -0.15) is 0 Å². The van der Waals surface area contributed by atoms with E-state index >= 15 is 0 Å². The molecule has 1 saturated heterocycles. The van der Waals surface area contributed by atoms with Crippen molar-refractivity contribution in [3.8, 4) is 0 Å². The molecule has 1 atom stereocenters. The van der Waals surface area contributed by atoms with Crippen LogP contribution >= 0.6 is 0 Å². The van der Waals surface area contributed by atoms with Crippen molar-refractivity contribution in [1.29, 1.82) is 0 Å².